The van der Waals surface area contributed by atoms with Gasteiger partial charge < -0.3 is 9.47 Å². The molecule has 0 saturated carbocycles. The zero-order valence-corrected chi connectivity index (χ0v) is 21.2. The van der Waals surface area contributed by atoms with Crippen molar-refractivity contribution in [2.75, 3.05) is 19.5 Å². The average Bonchev–Trinajstić information content (AvgIpc) is 3.46. The van der Waals surface area contributed by atoms with Gasteiger partial charge in [-0.3, -0.25) is 13.9 Å². The largest absolute Gasteiger partial charge is 0.495 e. The number of halogens is 2. The summed E-state index contributed by atoms with van der Waals surface area (Å²) >= 11 is 14.5. The summed E-state index contributed by atoms with van der Waals surface area (Å²) in [4.78, 5) is 18.6. The maximum Gasteiger partial charge on any atom is 0.278 e. The maximum atomic E-state index is 13.7. The number of ether oxygens (including phenoxy) is 2. The minimum atomic E-state index is -0.380. The molecule has 1 fully saturated rings. The van der Waals surface area contributed by atoms with E-state index in [1.54, 1.807) is 42.0 Å². The Kier molecular flexibility index (Phi) is 6.76. The SMILES string of the molecule is COc1ccc(Cl)cc1-n1c(=S)sc2c(=O)n(-c3ccc(F)cc3)c(SC[C@@H]3CCCO3)nc21. The molecular formula is C23H19ClFN3O3S3. The fraction of sp³-hybridized carbons (Fsp3) is 0.261. The molecule has 1 atom stereocenters. The van der Waals surface area contributed by atoms with E-state index in [1.807, 2.05) is 0 Å². The molecule has 4 aromatic rings. The van der Waals surface area contributed by atoms with Crippen LogP contribution in [0.4, 0.5) is 4.39 Å². The van der Waals surface area contributed by atoms with Gasteiger partial charge in [0.1, 0.15) is 16.3 Å². The van der Waals surface area contributed by atoms with Gasteiger partial charge in [-0.15, -0.1) is 0 Å². The smallest absolute Gasteiger partial charge is 0.278 e. The molecule has 34 heavy (non-hydrogen) atoms. The lowest BCUT2D eigenvalue weighted by Gasteiger charge is -2.15. The van der Waals surface area contributed by atoms with Gasteiger partial charge in [0.15, 0.2) is 14.8 Å². The molecule has 0 radical (unpaired) electrons. The van der Waals surface area contributed by atoms with Crippen LogP contribution in [-0.4, -0.2) is 39.7 Å². The van der Waals surface area contributed by atoms with Crippen LogP contribution in [0, 0.1) is 9.77 Å². The predicted octanol–water partition coefficient (Wildman–Crippen LogP) is 6.04. The van der Waals surface area contributed by atoms with Crippen molar-refractivity contribution < 1.29 is 13.9 Å². The van der Waals surface area contributed by atoms with Crippen LogP contribution >= 0.6 is 46.9 Å². The summed E-state index contributed by atoms with van der Waals surface area (Å²) in [5.74, 6) is 0.817. The summed E-state index contributed by atoms with van der Waals surface area (Å²) in [5.41, 5.74) is 1.28. The molecule has 1 aliphatic heterocycles. The van der Waals surface area contributed by atoms with Crippen LogP contribution in [0.5, 0.6) is 5.75 Å². The zero-order valence-electron chi connectivity index (χ0n) is 18.0. The fourth-order valence-electron chi connectivity index (χ4n) is 3.84. The minimum absolute atomic E-state index is 0.0939. The second kappa shape index (κ2) is 9.79. The lowest BCUT2D eigenvalue weighted by atomic mass is 10.3. The quantitative estimate of drug-likeness (QED) is 0.170. The van der Waals surface area contributed by atoms with Crippen LogP contribution in [0.1, 0.15) is 12.8 Å². The third kappa shape index (κ3) is 4.40. The van der Waals surface area contributed by atoms with E-state index in [0.29, 0.717) is 47.4 Å². The Balaban J connectivity index is 1.74. The standard InChI is InChI=1S/C23H19ClFN3O3S3/c1-30-18-9-4-13(24)11-17(18)28-20-19(34-23(28)32)21(29)27(15-7-5-14(25)6-8-15)22(26-20)33-12-16-3-2-10-31-16/h4-9,11,16H,2-3,10,12H2,1H3/t16-/m0/s1. The Bertz CT molecular complexity index is 1480. The molecule has 5 rings (SSSR count). The molecule has 0 amide bonds. The van der Waals surface area contributed by atoms with Crippen LogP contribution in [0.2, 0.25) is 5.02 Å². The van der Waals surface area contributed by atoms with Gasteiger partial charge in [0.25, 0.3) is 5.56 Å². The van der Waals surface area contributed by atoms with Gasteiger partial charge >= 0.3 is 0 Å². The van der Waals surface area contributed by atoms with Crippen molar-refractivity contribution in [3.05, 3.63) is 67.6 Å². The molecule has 0 spiro atoms. The summed E-state index contributed by atoms with van der Waals surface area (Å²) in [6, 6.07) is 11.0. The highest BCUT2D eigenvalue weighted by Crippen LogP contribution is 2.33. The van der Waals surface area contributed by atoms with Gasteiger partial charge in [0, 0.05) is 17.4 Å². The van der Waals surface area contributed by atoms with Crippen molar-refractivity contribution in [1.29, 1.82) is 0 Å². The monoisotopic (exact) mass is 535 g/mol. The number of benzene rings is 2. The van der Waals surface area contributed by atoms with Crippen molar-refractivity contribution in [2.45, 2.75) is 24.1 Å². The van der Waals surface area contributed by atoms with Crippen LogP contribution in [0.15, 0.2) is 52.4 Å². The maximum absolute atomic E-state index is 13.7. The highest BCUT2D eigenvalue weighted by molar-refractivity contribution is 7.99. The lowest BCUT2D eigenvalue weighted by Crippen LogP contribution is -2.22. The van der Waals surface area contributed by atoms with Crippen LogP contribution in [0.3, 0.4) is 0 Å². The summed E-state index contributed by atoms with van der Waals surface area (Å²) in [6.07, 6.45) is 2.07. The van der Waals surface area contributed by atoms with E-state index in [-0.39, 0.29) is 17.5 Å². The first kappa shape index (κ1) is 23.5. The predicted molar refractivity (Wildman–Crippen MR) is 137 cm³/mol. The Labute approximate surface area is 212 Å². The number of hydrogen-bond acceptors (Lipinski definition) is 7. The zero-order chi connectivity index (χ0) is 23.8. The molecule has 11 heteroatoms. The van der Waals surface area contributed by atoms with E-state index in [0.717, 1.165) is 30.8 Å². The molecule has 0 bridgehead atoms. The number of hydrogen-bond donors (Lipinski definition) is 0. The molecule has 1 aliphatic rings. The first-order valence-electron chi connectivity index (χ1n) is 10.5. The van der Waals surface area contributed by atoms with Crippen LogP contribution in [-0.2, 0) is 4.74 Å². The molecular weight excluding hydrogens is 517 g/mol. The number of methoxy groups -OCH3 is 1. The summed E-state index contributed by atoms with van der Waals surface area (Å²) < 4.78 is 28.9. The third-order valence-electron chi connectivity index (χ3n) is 5.47. The Morgan fingerprint density at radius 3 is 2.79 bits per heavy atom. The van der Waals surface area contributed by atoms with Crippen molar-refractivity contribution in [1.82, 2.24) is 14.1 Å². The number of thioether (sulfide) groups is 1. The average molecular weight is 536 g/mol. The van der Waals surface area contributed by atoms with Crippen LogP contribution in [0.25, 0.3) is 21.7 Å². The molecule has 1 saturated heterocycles. The highest BCUT2D eigenvalue weighted by atomic mass is 35.5. The molecule has 6 nitrogen and oxygen atoms in total. The van der Waals surface area contributed by atoms with E-state index >= 15 is 0 Å². The minimum Gasteiger partial charge on any atom is -0.495 e. The molecule has 0 N–H and O–H groups in total. The van der Waals surface area contributed by atoms with E-state index in [4.69, 9.17) is 38.3 Å². The molecule has 0 aliphatic carbocycles. The lowest BCUT2D eigenvalue weighted by molar-refractivity contribution is 0.129. The number of aromatic nitrogens is 3. The van der Waals surface area contributed by atoms with E-state index in [1.165, 1.54) is 28.5 Å². The van der Waals surface area contributed by atoms with Crippen molar-refractivity contribution >= 4 is 57.3 Å². The number of fused-ring (bicyclic) bond motifs is 1. The summed E-state index contributed by atoms with van der Waals surface area (Å²) in [7, 11) is 1.56. The topological polar surface area (TPSA) is 58.3 Å². The van der Waals surface area contributed by atoms with Gasteiger partial charge in [0.05, 0.1) is 24.6 Å². The second-order valence-electron chi connectivity index (χ2n) is 7.63. The van der Waals surface area contributed by atoms with Crippen molar-refractivity contribution in [3.8, 4) is 17.1 Å². The van der Waals surface area contributed by atoms with Gasteiger partial charge in [-0.25, -0.2) is 9.37 Å². The number of rotatable bonds is 6. The summed E-state index contributed by atoms with van der Waals surface area (Å²) in [6.45, 7) is 0.737. The van der Waals surface area contributed by atoms with Gasteiger partial charge in [-0.05, 0) is 67.5 Å². The Hall–Kier alpha value is -2.24. The first-order chi connectivity index (χ1) is 16.5. The van der Waals surface area contributed by atoms with Crippen LogP contribution < -0.4 is 10.3 Å². The number of thiazole rings is 1. The van der Waals surface area contributed by atoms with Gasteiger partial charge in [0.2, 0.25) is 0 Å². The third-order valence-corrected chi connectivity index (χ3v) is 8.12. The van der Waals surface area contributed by atoms with E-state index in [9.17, 15) is 9.18 Å². The molecule has 0 unspecified atom stereocenters. The first-order valence-corrected chi connectivity index (χ1v) is 13.1. The number of nitrogens with zero attached hydrogens (tertiary/aromatic N) is 3. The van der Waals surface area contributed by atoms with E-state index in [2.05, 4.69) is 0 Å². The van der Waals surface area contributed by atoms with Gasteiger partial charge in [-0.2, -0.15) is 0 Å². The fourth-order valence-corrected chi connectivity index (χ4v) is 6.37. The Morgan fingerprint density at radius 2 is 2.09 bits per heavy atom. The molecule has 2 aromatic heterocycles. The normalized spacial score (nSPS) is 15.8. The second-order valence-corrected chi connectivity index (χ2v) is 10.7. The molecule has 2 aromatic carbocycles. The van der Waals surface area contributed by atoms with Crippen molar-refractivity contribution in [2.24, 2.45) is 0 Å². The summed E-state index contributed by atoms with van der Waals surface area (Å²) in [5, 5.41) is 0.979. The van der Waals surface area contributed by atoms with Crippen molar-refractivity contribution in [3.63, 3.8) is 0 Å². The molecule has 176 valence electrons. The Morgan fingerprint density at radius 1 is 1.29 bits per heavy atom. The van der Waals surface area contributed by atoms with Gasteiger partial charge in [-0.1, -0.05) is 34.7 Å². The highest BCUT2D eigenvalue weighted by Gasteiger charge is 2.23. The van der Waals surface area contributed by atoms with E-state index < -0.39 is 0 Å². The molecule has 3 heterocycles.